The highest BCUT2D eigenvalue weighted by Crippen LogP contribution is 3.08. The number of hydrogen-bond acceptors (Lipinski definition) is 0. The van der Waals surface area contributed by atoms with E-state index in [1.807, 2.05) is 0 Å². The van der Waals surface area contributed by atoms with Gasteiger partial charge in [0.25, 0.3) is 0 Å². The van der Waals surface area contributed by atoms with Gasteiger partial charge in [0.15, 0.2) is 0 Å². The molecule has 0 aromatic heterocycles. The van der Waals surface area contributed by atoms with Crippen LogP contribution < -0.4 is 0 Å². The predicted molar refractivity (Wildman–Crippen MR) is 71.2 cm³/mol. The zero-order valence-corrected chi connectivity index (χ0v) is 12.5. The van der Waals surface area contributed by atoms with Gasteiger partial charge in [-0.1, -0.05) is 42.2 Å². The van der Waals surface area contributed by atoms with E-state index in [4.69, 9.17) is 0 Å². The predicted octanol–water partition coefficient (Wildman–Crippen LogP) is 2.79. The third-order valence-electron chi connectivity index (χ3n) is 6.16. The molecule has 6 aliphatic carbocycles. The Morgan fingerprint density at radius 3 is 1.80 bits per heavy atom. The fourth-order valence-electron chi connectivity index (χ4n) is 5.94. The first-order valence-corrected chi connectivity index (χ1v) is 10.7. The van der Waals surface area contributed by atoms with Gasteiger partial charge in [-0.05, 0) is 35.5 Å². The maximum atomic E-state index is 3.78. The Morgan fingerprint density at radius 2 is 1.40 bits per heavy atom. The third kappa shape index (κ3) is 0.498. The molecule has 6 saturated carbocycles. The van der Waals surface area contributed by atoms with Crippen LogP contribution in [0.25, 0.3) is 0 Å². The van der Waals surface area contributed by atoms with Crippen LogP contribution in [0.3, 0.4) is 0 Å². The smallest absolute Gasteiger partial charge is 0.129 e. The van der Waals surface area contributed by atoms with E-state index in [1.165, 1.54) is 0 Å². The van der Waals surface area contributed by atoms with Crippen molar-refractivity contribution in [1.29, 1.82) is 0 Å². The second-order valence-corrected chi connectivity index (χ2v) is 14.0. The van der Waals surface area contributed by atoms with Crippen molar-refractivity contribution in [1.82, 2.24) is 0 Å². The van der Waals surface area contributed by atoms with E-state index in [-0.39, 0.29) is 0 Å². The van der Waals surface area contributed by atoms with Gasteiger partial charge in [-0.3, -0.25) is 0 Å². The largest absolute Gasteiger partial charge is 0.131 e. The first-order valence-electron chi connectivity index (χ1n) is 6.17. The highest BCUT2D eigenvalue weighted by Gasteiger charge is 3.09. The Morgan fingerprint density at radius 1 is 0.933 bits per heavy atom. The van der Waals surface area contributed by atoms with Crippen molar-refractivity contribution in [3.05, 3.63) is 0 Å². The lowest BCUT2D eigenvalue weighted by atomic mass is 8.96. The second kappa shape index (κ2) is 1.78. The van der Waals surface area contributed by atoms with Gasteiger partial charge in [0, 0.05) is 8.84 Å². The monoisotopic (exact) mass is 326 g/mol. The van der Waals surface area contributed by atoms with Gasteiger partial charge in [-0.25, -0.2) is 0 Å². The van der Waals surface area contributed by atoms with Crippen molar-refractivity contribution in [2.45, 2.75) is 23.1 Å². The number of hydrogen-bond donors (Lipinski definition) is 0. The summed E-state index contributed by atoms with van der Waals surface area (Å²) in [6, 6.07) is 0. The Bertz CT molecular complexity index is 421. The molecule has 0 radical (unpaired) electrons. The molecule has 0 amide bonds. The van der Waals surface area contributed by atoms with Crippen molar-refractivity contribution in [2.75, 3.05) is 0 Å². The van der Waals surface area contributed by atoms with Gasteiger partial charge in [-0.2, -0.15) is 0 Å². The summed E-state index contributed by atoms with van der Waals surface area (Å²) in [6.07, 6.45) is 0. The topological polar surface area (TPSA) is 0 Å². The van der Waals surface area contributed by atoms with Crippen LogP contribution in [0.1, 0.15) is 0 Å². The van der Waals surface area contributed by atoms with Gasteiger partial charge in [0.2, 0.25) is 0 Å². The molecule has 6 fully saturated rings. The van der Waals surface area contributed by atoms with Crippen LogP contribution in [0.4, 0.5) is 0 Å². The summed E-state index contributed by atoms with van der Waals surface area (Å²) in [7, 11) is -1.13. The number of alkyl halides is 1. The van der Waals surface area contributed by atoms with Crippen molar-refractivity contribution < 1.29 is 0 Å². The average Bonchev–Trinajstić information content (AvgIpc) is 2.16. The Hall–Kier alpha value is 0.507. The lowest BCUT2D eigenvalue weighted by Crippen LogP contribution is -3.11. The molecule has 0 spiro atoms. The summed E-state index contributed by atoms with van der Waals surface area (Å²) in [5, 5.41) is 0. The van der Waals surface area contributed by atoms with E-state index in [1.54, 1.807) is 0 Å². The maximum Gasteiger partial charge on any atom is 0.129 e. The van der Waals surface area contributed by atoms with E-state index in [0.29, 0.717) is 5.41 Å². The molecular weight excluding hydrogens is 311 g/mol. The molecule has 2 heteroatoms. The van der Waals surface area contributed by atoms with Crippen LogP contribution in [0.2, 0.25) is 19.6 Å². The fraction of sp³-hybridized carbons (Fsp3) is 0.846. The minimum absolute atomic E-state index is 0.618. The molecule has 0 bridgehead atoms. The van der Waals surface area contributed by atoms with Crippen molar-refractivity contribution in [3.63, 3.8) is 0 Å². The molecular formula is C13H15ISi. The first-order chi connectivity index (χ1) is 6.94. The van der Waals surface area contributed by atoms with Crippen LogP contribution in [-0.2, 0) is 0 Å². The number of rotatable bonds is 0. The molecule has 0 N–H and O–H groups in total. The van der Waals surface area contributed by atoms with Gasteiger partial charge < -0.3 is 0 Å². The summed E-state index contributed by atoms with van der Waals surface area (Å²) >= 11 is 2.79. The Labute approximate surface area is 106 Å². The van der Waals surface area contributed by atoms with E-state index >= 15 is 0 Å². The minimum Gasteiger partial charge on any atom is -0.131 e. The minimum atomic E-state index is -1.13. The molecule has 15 heavy (non-hydrogen) atoms. The van der Waals surface area contributed by atoms with Crippen molar-refractivity contribution >= 4 is 30.7 Å². The summed E-state index contributed by atoms with van der Waals surface area (Å²) in [4.78, 5) is 0. The molecule has 0 aliphatic heterocycles. The van der Waals surface area contributed by atoms with E-state index < -0.39 is 8.07 Å². The van der Waals surface area contributed by atoms with E-state index in [2.05, 4.69) is 53.7 Å². The zero-order valence-electron chi connectivity index (χ0n) is 9.34. The standard InChI is InChI=1S/C13H15ISi/c1-15(2,3)5-4-12-6-9-7(12)11-8(12)10(6)13(9,11)14/h6-11H,1-3H3. The number of halogens is 1. The third-order valence-corrected chi connectivity index (χ3v) is 9.20. The Balaban J connectivity index is 1.54. The fourth-order valence-corrected chi connectivity index (χ4v) is 8.86. The molecule has 0 saturated heterocycles. The lowest BCUT2D eigenvalue weighted by molar-refractivity contribution is -0.570. The van der Waals surface area contributed by atoms with Crippen molar-refractivity contribution in [2.24, 2.45) is 40.9 Å². The molecule has 0 unspecified atom stereocenters. The zero-order chi connectivity index (χ0) is 10.4. The molecule has 0 atom stereocenters. The highest BCUT2D eigenvalue weighted by molar-refractivity contribution is 14.1. The van der Waals surface area contributed by atoms with Crippen molar-refractivity contribution in [3.8, 4) is 11.5 Å². The van der Waals surface area contributed by atoms with Gasteiger partial charge >= 0.3 is 0 Å². The van der Waals surface area contributed by atoms with Gasteiger partial charge in [0.05, 0.1) is 0 Å². The average molecular weight is 326 g/mol. The molecule has 6 rings (SSSR count). The highest BCUT2D eigenvalue weighted by atomic mass is 127. The van der Waals surface area contributed by atoms with Crippen LogP contribution in [-0.4, -0.2) is 11.5 Å². The summed E-state index contributed by atoms with van der Waals surface area (Å²) in [5.41, 5.74) is 4.28. The SMILES string of the molecule is C[Si](C)(C)C#CC12C3C4C1C1C2C3C41I. The van der Waals surface area contributed by atoms with Crippen LogP contribution >= 0.6 is 22.6 Å². The molecule has 78 valence electrons. The van der Waals surface area contributed by atoms with E-state index in [9.17, 15) is 0 Å². The second-order valence-electron chi connectivity index (χ2n) is 7.42. The van der Waals surface area contributed by atoms with Gasteiger partial charge in [0.1, 0.15) is 8.07 Å². The quantitative estimate of drug-likeness (QED) is 0.278. The van der Waals surface area contributed by atoms with E-state index in [0.717, 1.165) is 38.9 Å². The Kier molecular flexibility index (Phi) is 1.02. The summed E-state index contributed by atoms with van der Waals surface area (Å²) in [5.74, 6) is 10.4. The summed E-state index contributed by atoms with van der Waals surface area (Å²) in [6.45, 7) is 7.13. The van der Waals surface area contributed by atoms with Crippen LogP contribution in [0.15, 0.2) is 0 Å². The lowest BCUT2D eigenvalue weighted by Gasteiger charge is -3.09. The first kappa shape index (κ1) is 8.58. The maximum absolute atomic E-state index is 3.78. The van der Waals surface area contributed by atoms with Gasteiger partial charge in [-0.15, -0.1) is 11.5 Å². The van der Waals surface area contributed by atoms with Crippen LogP contribution in [0.5, 0.6) is 0 Å². The summed E-state index contributed by atoms with van der Waals surface area (Å²) < 4.78 is 0.834. The molecule has 0 nitrogen and oxygen atoms in total. The molecule has 0 aromatic carbocycles. The molecule has 6 aliphatic rings. The normalized spacial score (nSPS) is 73.3. The molecule has 0 heterocycles. The molecule has 0 aromatic rings. The van der Waals surface area contributed by atoms with Crippen LogP contribution in [0, 0.1) is 52.4 Å².